The summed E-state index contributed by atoms with van der Waals surface area (Å²) in [5.74, 6) is 0.869. The molecule has 1 atom stereocenters. The number of anilines is 2. The third-order valence-corrected chi connectivity index (χ3v) is 2.17. The van der Waals surface area contributed by atoms with E-state index in [9.17, 15) is 0 Å². The molecule has 14 heavy (non-hydrogen) atoms. The molecule has 1 rings (SSSR count). The molecule has 3 N–H and O–H groups in total. The van der Waals surface area contributed by atoms with Crippen LogP contribution in [0, 0.1) is 0 Å². The molecular formula is C11H19N3. The van der Waals surface area contributed by atoms with Crippen LogP contribution in [0.3, 0.4) is 0 Å². The molecule has 1 unspecified atom stereocenters. The average Bonchev–Trinajstić information content (AvgIpc) is 2.15. The molecule has 3 nitrogen and oxygen atoms in total. The first-order valence-electron chi connectivity index (χ1n) is 5.20. The van der Waals surface area contributed by atoms with Crippen LogP contribution in [0.25, 0.3) is 0 Å². The van der Waals surface area contributed by atoms with Gasteiger partial charge in [0.05, 0.1) is 0 Å². The molecule has 1 heterocycles. The highest BCUT2D eigenvalue weighted by Crippen LogP contribution is 2.11. The highest BCUT2D eigenvalue weighted by Gasteiger charge is 2.01. The number of nitrogens with two attached hydrogens (primary N) is 1. The van der Waals surface area contributed by atoms with Gasteiger partial charge in [-0.1, -0.05) is 19.8 Å². The predicted octanol–water partition coefficient (Wildman–Crippen LogP) is 2.65. The van der Waals surface area contributed by atoms with Crippen LogP contribution in [0.15, 0.2) is 18.3 Å². The topological polar surface area (TPSA) is 50.9 Å². The van der Waals surface area contributed by atoms with E-state index in [1.165, 1.54) is 19.3 Å². The van der Waals surface area contributed by atoms with Crippen molar-refractivity contribution in [3.8, 4) is 0 Å². The zero-order valence-electron chi connectivity index (χ0n) is 8.96. The third-order valence-electron chi connectivity index (χ3n) is 2.17. The maximum Gasteiger partial charge on any atom is 0.128 e. The van der Waals surface area contributed by atoms with Gasteiger partial charge in [0, 0.05) is 24.0 Å². The molecule has 0 saturated carbocycles. The number of aromatic nitrogens is 1. The number of rotatable bonds is 5. The van der Waals surface area contributed by atoms with E-state index in [0.29, 0.717) is 6.04 Å². The van der Waals surface area contributed by atoms with E-state index in [4.69, 9.17) is 5.73 Å². The van der Waals surface area contributed by atoms with E-state index in [1.807, 2.05) is 6.07 Å². The molecule has 0 aromatic carbocycles. The summed E-state index contributed by atoms with van der Waals surface area (Å²) in [5, 5.41) is 3.33. The van der Waals surface area contributed by atoms with E-state index < -0.39 is 0 Å². The lowest BCUT2D eigenvalue weighted by molar-refractivity contribution is 0.643. The minimum atomic E-state index is 0.462. The van der Waals surface area contributed by atoms with Crippen molar-refractivity contribution in [2.45, 2.75) is 39.2 Å². The van der Waals surface area contributed by atoms with Crippen molar-refractivity contribution in [2.24, 2.45) is 0 Å². The molecule has 0 saturated heterocycles. The van der Waals surface area contributed by atoms with Crippen molar-refractivity contribution in [3.63, 3.8) is 0 Å². The Bertz CT molecular complexity index is 273. The van der Waals surface area contributed by atoms with E-state index in [-0.39, 0.29) is 0 Å². The molecule has 78 valence electrons. The monoisotopic (exact) mass is 193 g/mol. The van der Waals surface area contributed by atoms with Gasteiger partial charge in [0.25, 0.3) is 0 Å². The molecule has 0 aliphatic rings. The lowest BCUT2D eigenvalue weighted by Crippen LogP contribution is -2.15. The van der Waals surface area contributed by atoms with Gasteiger partial charge < -0.3 is 11.1 Å². The Labute approximate surface area is 85.7 Å². The van der Waals surface area contributed by atoms with Gasteiger partial charge >= 0.3 is 0 Å². The zero-order valence-corrected chi connectivity index (χ0v) is 8.96. The number of nitrogens with one attached hydrogen (secondary N) is 1. The Hall–Kier alpha value is -1.25. The second-order valence-electron chi connectivity index (χ2n) is 3.66. The summed E-state index contributed by atoms with van der Waals surface area (Å²) in [6, 6.07) is 4.12. The number of nitrogen functional groups attached to an aromatic ring is 1. The van der Waals surface area contributed by atoms with Gasteiger partial charge in [0.2, 0.25) is 0 Å². The van der Waals surface area contributed by atoms with Crippen LogP contribution in [-0.4, -0.2) is 11.0 Å². The van der Waals surface area contributed by atoms with Gasteiger partial charge in [0.1, 0.15) is 5.82 Å². The lowest BCUT2D eigenvalue weighted by atomic mass is 10.1. The van der Waals surface area contributed by atoms with Crippen LogP contribution in [0.2, 0.25) is 0 Å². The van der Waals surface area contributed by atoms with Crippen molar-refractivity contribution in [1.82, 2.24) is 4.98 Å². The van der Waals surface area contributed by atoms with Gasteiger partial charge in [-0.25, -0.2) is 4.98 Å². The molecule has 1 aromatic heterocycles. The second kappa shape index (κ2) is 5.47. The molecular weight excluding hydrogens is 174 g/mol. The quantitative estimate of drug-likeness (QED) is 0.755. The normalized spacial score (nSPS) is 12.4. The van der Waals surface area contributed by atoms with Crippen molar-refractivity contribution in [1.29, 1.82) is 0 Å². The largest absolute Gasteiger partial charge is 0.399 e. The van der Waals surface area contributed by atoms with Gasteiger partial charge in [-0.3, -0.25) is 0 Å². The average molecular weight is 193 g/mol. The van der Waals surface area contributed by atoms with Crippen LogP contribution >= 0.6 is 0 Å². The molecule has 0 fully saturated rings. The maximum absolute atomic E-state index is 5.65. The van der Waals surface area contributed by atoms with Crippen LogP contribution in [0.1, 0.15) is 33.1 Å². The predicted molar refractivity (Wildman–Crippen MR) is 61.3 cm³/mol. The first-order chi connectivity index (χ1) is 6.72. The fourth-order valence-corrected chi connectivity index (χ4v) is 1.36. The maximum atomic E-state index is 5.65. The van der Waals surface area contributed by atoms with Crippen LogP contribution in [0.4, 0.5) is 11.5 Å². The molecule has 1 aromatic rings. The molecule has 0 aliphatic heterocycles. The molecule has 3 heteroatoms. The number of pyridine rings is 1. The van der Waals surface area contributed by atoms with E-state index >= 15 is 0 Å². The number of unbranched alkanes of at least 4 members (excludes halogenated alkanes) is 1. The third kappa shape index (κ3) is 3.64. The van der Waals surface area contributed by atoms with Crippen LogP contribution < -0.4 is 11.1 Å². The van der Waals surface area contributed by atoms with Gasteiger partial charge in [-0.05, 0) is 19.4 Å². The van der Waals surface area contributed by atoms with Gasteiger partial charge in [-0.2, -0.15) is 0 Å². The smallest absolute Gasteiger partial charge is 0.128 e. The van der Waals surface area contributed by atoms with Gasteiger partial charge in [0.15, 0.2) is 0 Å². The Morgan fingerprint density at radius 2 is 2.36 bits per heavy atom. The Balaban J connectivity index is 2.43. The van der Waals surface area contributed by atoms with Crippen LogP contribution in [0.5, 0.6) is 0 Å². The summed E-state index contributed by atoms with van der Waals surface area (Å²) in [7, 11) is 0. The van der Waals surface area contributed by atoms with E-state index in [1.54, 1.807) is 12.3 Å². The summed E-state index contributed by atoms with van der Waals surface area (Å²) in [5.41, 5.74) is 6.41. The summed E-state index contributed by atoms with van der Waals surface area (Å²) in [6.45, 7) is 4.37. The van der Waals surface area contributed by atoms with Crippen molar-refractivity contribution < 1.29 is 0 Å². The van der Waals surface area contributed by atoms with Crippen molar-refractivity contribution in [2.75, 3.05) is 11.1 Å². The minimum absolute atomic E-state index is 0.462. The lowest BCUT2D eigenvalue weighted by Gasteiger charge is -2.13. The Morgan fingerprint density at radius 1 is 1.57 bits per heavy atom. The number of hydrogen-bond acceptors (Lipinski definition) is 3. The fraction of sp³-hybridized carbons (Fsp3) is 0.545. The molecule has 0 bridgehead atoms. The second-order valence-corrected chi connectivity index (χ2v) is 3.66. The van der Waals surface area contributed by atoms with E-state index in [2.05, 4.69) is 24.1 Å². The summed E-state index contributed by atoms with van der Waals surface area (Å²) < 4.78 is 0. The minimum Gasteiger partial charge on any atom is -0.399 e. The summed E-state index contributed by atoms with van der Waals surface area (Å²) in [6.07, 6.45) is 5.38. The fourth-order valence-electron chi connectivity index (χ4n) is 1.36. The molecule has 0 amide bonds. The summed E-state index contributed by atoms with van der Waals surface area (Å²) >= 11 is 0. The van der Waals surface area contributed by atoms with Crippen molar-refractivity contribution in [3.05, 3.63) is 18.3 Å². The molecule has 0 radical (unpaired) electrons. The standard InChI is InChI=1S/C11H19N3/c1-3-4-5-9(2)14-11-8-10(12)6-7-13-11/h6-9H,3-5H2,1-2H3,(H3,12,13,14). The summed E-state index contributed by atoms with van der Waals surface area (Å²) in [4.78, 5) is 4.20. The van der Waals surface area contributed by atoms with Gasteiger partial charge in [-0.15, -0.1) is 0 Å². The number of nitrogens with zero attached hydrogens (tertiary/aromatic N) is 1. The molecule has 0 aliphatic carbocycles. The van der Waals surface area contributed by atoms with E-state index in [0.717, 1.165) is 11.5 Å². The first kappa shape index (κ1) is 10.8. The molecule has 0 spiro atoms. The van der Waals surface area contributed by atoms with Crippen LogP contribution in [-0.2, 0) is 0 Å². The first-order valence-corrected chi connectivity index (χ1v) is 5.20. The highest BCUT2D eigenvalue weighted by atomic mass is 15.0. The van der Waals surface area contributed by atoms with Crippen molar-refractivity contribution >= 4 is 11.5 Å². The number of hydrogen-bond donors (Lipinski definition) is 2. The zero-order chi connectivity index (χ0) is 10.4. The Kier molecular flexibility index (Phi) is 4.23. The Morgan fingerprint density at radius 3 is 3.00 bits per heavy atom. The SMILES string of the molecule is CCCCC(C)Nc1cc(N)ccn1. The highest BCUT2D eigenvalue weighted by molar-refractivity contribution is 5.48.